The van der Waals surface area contributed by atoms with E-state index in [9.17, 15) is 9.59 Å². The highest BCUT2D eigenvalue weighted by Gasteiger charge is 2.18. The van der Waals surface area contributed by atoms with Crippen LogP contribution in [0, 0.1) is 0 Å². The molecule has 0 aliphatic carbocycles. The Morgan fingerprint density at radius 3 is 2.62 bits per heavy atom. The number of anilines is 1. The largest absolute Gasteiger partial charge is 0.336 e. The van der Waals surface area contributed by atoms with Crippen LogP contribution in [0.4, 0.5) is 10.5 Å². The number of benzene rings is 1. The quantitative estimate of drug-likeness (QED) is 0.784. The summed E-state index contributed by atoms with van der Waals surface area (Å²) in [6, 6.07) is 6.84. The van der Waals surface area contributed by atoms with Gasteiger partial charge in [0.2, 0.25) is 0 Å². The van der Waals surface area contributed by atoms with Crippen molar-refractivity contribution >= 4 is 17.6 Å². The zero-order valence-electron chi connectivity index (χ0n) is 12.5. The molecule has 1 aliphatic rings. The topological polar surface area (TPSA) is 73.5 Å². The molecule has 3 amide bonds. The molecule has 6 heteroatoms. The highest BCUT2D eigenvalue weighted by atomic mass is 16.2. The number of piperazine rings is 1. The number of rotatable bonds is 3. The SMILES string of the molecule is CC(C)NC(=O)Nc1cccc(C(=O)N2CCNCC2)c1. The minimum atomic E-state index is -0.267. The van der Waals surface area contributed by atoms with E-state index in [-0.39, 0.29) is 18.0 Å². The standard InChI is InChI=1S/C15H22N4O2/c1-11(2)17-15(21)18-13-5-3-4-12(10-13)14(20)19-8-6-16-7-9-19/h3-5,10-11,16H,6-9H2,1-2H3,(H2,17,18,21). The Bertz CT molecular complexity index is 510. The van der Waals surface area contributed by atoms with Crippen molar-refractivity contribution in [1.29, 1.82) is 0 Å². The predicted molar refractivity (Wildman–Crippen MR) is 82.5 cm³/mol. The molecule has 1 heterocycles. The van der Waals surface area contributed by atoms with Crippen molar-refractivity contribution in [3.63, 3.8) is 0 Å². The van der Waals surface area contributed by atoms with Crippen LogP contribution < -0.4 is 16.0 Å². The highest BCUT2D eigenvalue weighted by Crippen LogP contribution is 2.13. The minimum absolute atomic E-state index is 0.00409. The summed E-state index contributed by atoms with van der Waals surface area (Å²) in [5.74, 6) is 0.00409. The first-order chi connectivity index (χ1) is 10.1. The first-order valence-electron chi connectivity index (χ1n) is 7.24. The number of nitrogens with one attached hydrogen (secondary N) is 3. The van der Waals surface area contributed by atoms with Crippen LogP contribution in [-0.2, 0) is 0 Å². The van der Waals surface area contributed by atoms with Gasteiger partial charge in [-0.25, -0.2) is 4.79 Å². The van der Waals surface area contributed by atoms with Crippen molar-refractivity contribution in [1.82, 2.24) is 15.5 Å². The molecule has 114 valence electrons. The van der Waals surface area contributed by atoms with Gasteiger partial charge < -0.3 is 20.9 Å². The van der Waals surface area contributed by atoms with Crippen LogP contribution in [0.5, 0.6) is 0 Å². The number of nitrogens with zero attached hydrogens (tertiary/aromatic N) is 1. The molecule has 0 bridgehead atoms. The van der Waals surface area contributed by atoms with Gasteiger partial charge in [0.1, 0.15) is 0 Å². The van der Waals surface area contributed by atoms with Gasteiger partial charge >= 0.3 is 6.03 Å². The second-order valence-corrected chi connectivity index (χ2v) is 5.38. The second-order valence-electron chi connectivity index (χ2n) is 5.38. The summed E-state index contributed by atoms with van der Waals surface area (Å²) in [5, 5.41) is 8.71. The van der Waals surface area contributed by atoms with Crippen molar-refractivity contribution in [3.05, 3.63) is 29.8 Å². The van der Waals surface area contributed by atoms with Crippen LogP contribution in [0.2, 0.25) is 0 Å². The summed E-state index contributed by atoms with van der Waals surface area (Å²) < 4.78 is 0. The lowest BCUT2D eigenvalue weighted by Gasteiger charge is -2.27. The van der Waals surface area contributed by atoms with Crippen LogP contribution in [0.15, 0.2) is 24.3 Å². The second kappa shape index (κ2) is 7.08. The molecule has 6 nitrogen and oxygen atoms in total. The molecule has 1 fully saturated rings. The van der Waals surface area contributed by atoms with Crippen molar-refractivity contribution in [2.24, 2.45) is 0 Å². The molecule has 21 heavy (non-hydrogen) atoms. The smallest absolute Gasteiger partial charge is 0.319 e. The third-order valence-corrected chi connectivity index (χ3v) is 3.19. The molecule has 1 aromatic rings. The molecule has 0 unspecified atom stereocenters. The van der Waals surface area contributed by atoms with Crippen LogP contribution in [-0.4, -0.2) is 49.1 Å². The maximum Gasteiger partial charge on any atom is 0.319 e. The van der Waals surface area contributed by atoms with Gasteiger partial charge in [-0.2, -0.15) is 0 Å². The van der Waals surface area contributed by atoms with E-state index in [2.05, 4.69) is 16.0 Å². The number of carbonyl (C=O) groups excluding carboxylic acids is 2. The molecular formula is C15H22N4O2. The maximum atomic E-state index is 12.4. The molecule has 1 aromatic carbocycles. The minimum Gasteiger partial charge on any atom is -0.336 e. The number of hydrogen-bond donors (Lipinski definition) is 3. The van der Waals surface area contributed by atoms with Crippen molar-refractivity contribution < 1.29 is 9.59 Å². The van der Waals surface area contributed by atoms with Crippen LogP contribution >= 0.6 is 0 Å². The average molecular weight is 290 g/mol. The normalized spacial score (nSPS) is 14.9. The molecule has 1 saturated heterocycles. The molecule has 0 saturated carbocycles. The lowest BCUT2D eigenvalue weighted by atomic mass is 10.1. The predicted octanol–water partition coefficient (Wildman–Crippen LogP) is 1.26. The number of urea groups is 1. The average Bonchev–Trinajstić information content (AvgIpc) is 2.46. The summed E-state index contributed by atoms with van der Waals surface area (Å²) in [6.07, 6.45) is 0. The van der Waals surface area contributed by atoms with Gasteiger partial charge in [-0.1, -0.05) is 6.07 Å². The summed E-state index contributed by atoms with van der Waals surface area (Å²) in [4.78, 5) is 25.9. The third kappa shape index (κ3) is 4.46. The summed E-state index contributed by atoms with van der Waals surface area (Å²) in [5.41, 5.74) is 1.22. The zero-order valence-corrected chi connectivity index (χ0v) is 12.5. The molecule has 3 N–H and O–H groups in total. The van der Waals surface area contributed by atoms with E-state index in [1.165, 1.54) is 0 Å². The van der Waals surface area contributed by atoms with E-state index in [4.69, 9.17) is 0 Å². The van der Waals surface area contributed by atoms with Crippen molar-refractivity contribution in [2.45, 2.75) is 19.9 Å². The van der Waals surface area contributed by atoms with Crippen molar-refractivity contribution in [3.8, 4) is 0 Å². The Labute approximate surface area is 124 Å². The molecule has 0 radical (unpaired) electrons. The zero-order chi connectivity index (χ0) is 15.2. The first-order valence-corrected chi connectivity index (χ1v) is 7.24. The van der Waals surface area contributed by atoms with Gasteiger partial charge in [-0.15, -0.1) is 0 Å². The Morgan fingerprint density at radius 2 is 1.95 bits per heavy atom. The summed E-state index contributed by atoms with van der Waals surface area (Å²) >= 11 is 0. The lowest BCUT2D eigenvalue weighted by molar-refractivity contribution is 0.0736. The Hall–Kier alpha value is -2.08. The fourth-order valence-electron chi connectivity index (χ4n) is 2.21. The van der Waals surface area contributed by atoms with E-state index in [1.54, 1.807) is 24.3 Å². The van der Waals surface area contributed by atoms with Crippen LogP contribution in [0.25, 0.3) is 0 Å². The van der Waals surface area contributed by atoms with Crippen molar-refractivity contribution in [2.75, 3.05) is 31.5 Å². The number of amides is 3. The Balaban J connectivity index is 2.03. The summed E-state index contributed by atoms with van der Waals surface area (Å²) in [6.45, 7) is 6.85. The van der Waals surface area contributed by atoms with Gasteiger partial charge in [-0.05, 0) is 32.0 Å². The van der Waals surface area contributed by atoms with Gasteiger partial charge in [0.05, 0.1) is 0 Å². The molecule has 2 rings (SSSR count). The first kappa shape index (κ1) is 15.3. The van der Waals surface area contributed by atoms with Crippen LogP contribution in [0.1, 0.15) is 24.2 Å². The highest BCUT2D eigenvalue weighted by molar-refractivity contribution is 5.97. The monoisotopic (exact) mass is 290 g/mol. The van der Waals surface area contributed by atoms with Crippen LogP contribution in [0.3, 0.4) is 0 Å². The molecule has 0 aromatic heterocycles. The van der Waals surface area contributed by atoms with E-state index in [1.807, 2.05) is 18.7 Å². The molecular weight excluding hydrogens is 268 g/mol. The Morgan fingerprint density at radius 1 is 1.24 bits per heavy atom. The third-order valence-electron chi connectivity index (χ3n) is 3.19. The van der Waals surface area contributed by atoms with Gasteiger partial charge in [0, 0.05) is 43.5 Å². The van der Waals surface area contributed by atoms with Gasteiger partial charge in [-0.3, -0.25) is 4.79 Å². The van der Waals surface area contributed by atoms with E-state index in [0.717, 1.165) is 13.1 Å². The fraction of sp³-hybridized carbons (Fsp3) is 0.467. The molecule has 0 atom stereocenters. The maximum absolute atomic E-state index is 12.4. The van der Waals surface area contributed by atoms with Gasteiger partial charge in [0.15, 0.2) is 0 Å². The fourth-order valence-corrected chi connectivity index (χ4v) is 2.21. The number of carbonyl (C=O) groups is 2. The van der Waals surface area contributed by atoms with E-state index >= 15 is 0 Å². The summed E-state index contributed by atoms with van der Waals surface area (Å²) in [7, 11) is 0. The van der Waals surface area contributed by atoms with Gasteiger partial charge in [0.25, 0.3) is 5.91 Å². The van der Waals surface area contributed by atoms with E-state index < -0.39 is 0 Å². The van der Waals surface area contributed by atoms with E-state index in [0.29, 0.717) is 24.3 Å². The number of hydrogen-bond acceptors (Lipinski definition) is 3. The lowest BCUT2D eigenvalue weighted by Crippen LogP contribution is -2.46. The Kier molecular flexibility index (Phi) is 5.16. The molecule has 0 spiro atoms. The molecule has 1 aliphatic heterocycles.